The molecule has 0 fully saturated rings. The Labute approximate surface area is 242 Å². The number of hydrogen-bond acceptors (Lipinski definition) is 9. The maximum absolute atomic E-state index is 10.1. The first-order chi connectivity index (χ1) is 18.5. The molecule has 0 aliphatic heterocycles. The summed E-state index contributed by atoms with van der Waals surface area (Å²) in [6.45, 7) is 18.7. The zero-order chi connectivity index (χ0) is 29.9. The first-order valence-corrected chi connectivity index (χ1v) is 13.7. The number of anilines is 3. The molecule has 1 aromatic carbocycles. The van der Waals surface area contributed by atoms with E-state index in [9.17, 15) is 5.11 Å². The Hall–Kier alpha value is -3.43. The molecule has 2 heterocycles. The van der Waals surface area contributed by atoms with Crippen LogP contribution in [0.2, 0.25) is 5.02 Å². The van der Waals surface area contributed by atoms with Crippen molar-refractivity contribution < 1.29 is 5.11 Å². The Bertz CT molecular complexity index is 1420. The highest BCUT2D eigenvalue weighted by atomic mass is 35.5. The zero-order valence-electron chi connectivity index (χ0n) is 25.1. The van der Waals surface area contributed by atoms with Gasteiger partial charge in [-0.05, 0) is 72.7 Å². The van der Waals surface area contributed by atoms with Crippen LogP contribution in [0.1, 0.15) is 61.1 Å². The van der Waals surface area contributed by atoms with E-state index in [-0.39, 0.29) is 17.5 Å². The summed E-state index contributed by atoms with van der Waals surface area (Å²) < 4.78 is 0. The molecule has 40 heavy (non-hydrogen) atoms. The minimum atomic E-state index is -0.919. The predicted molar refractivity (Wildman–Crippen MR) is 168 cm³/mol. The van der Waals surface area contributed by atoms with E-state index < -0.39 is 5.60 Å². The Morgan fingerprint density at radius 1 is 1.05 bits per heavy atom. The average Bonchev–Trinajstić information content (AvgIpc) is 2.83. The number of nitrogens with zero attached hydrogens (tertiary/aromatic N) is 4. The number of aliphatic imine (C=N–C) groups is 1. The van der Waals surface area contributed by atoms with Gasteiger partial charge in [0.2, 0.25) is 5.95 Å². The second-order valence-electron chi connectivity index (χ2n) is 12.1. The first-order valence-electron chi connectivity index (χ1n) is 13.4. The normalized spacial score (nSPS) is 13.7. The van der Waals surface area contributed by atoms with E-state index >= 15 is 0 Å². The topological polar surface area (TPSA) is 133 Å². The monoisotopic (exact) mass is 566 g/mol. The predicted octanol–water partition coefficient (Wildman–Crippen LogP) is 6.15. The molecule has 0 unspecified atom stereocenters. The van der Waals surface area contributed by atoms with E-state index in [1.165, 1.54) is 0 Å². The third-order valence-electron chi connectivity index (χ3n) is 7.11. The summed E-state index contributed by atoms with van der Waals surface area (Å²) in [6, 6.07) is 9.64. The van der Waals surface area contributed by atoms with E-state index in [2.05, 4.69) is 58.6 Å². The number of hydrogen-bond donors (Lipinski definition) is 5. The van der Waals surface area contributed by atoms with Gasteiger partial charge < -0.3 is 26.8 Å². The summed E-state index contributed by atoms with van der Waals surface area (Å²) in [4.78, 5) is 18.3. The SMILES string of the molecule is CC(=NCC(C)(C)O)/C(Nc1nc(C)cc(NC(C)(C)C(C)(C)CNc2ccnc3cc(Cl)ccc23)n1)=C(/C)N. The number of aromatic nitrogens is 3. The molecule has 0 saturated heterocycles. The molecule has 0 aliphatic rings. The van der Waals surface area contributed by atoms with Gasteiger partial charge in [0.05, 0.1) is 29.1 Å². The van der Waals surface area contributed by atoms with Crippen molar-refractivity contribution in [3.8, 4) is 0 Å². The number of fused-ring (bicyclic) bond motifs is 1. The highest BCUT2D eigenvalue weighted by molar-refractivity contribution is 6.31. The molecule has 6 N–H and O–H groups in total. The highest BCUT2D eigenvalue weighted by Crippen LogP contribution is 2.35. The number of benzene rings is 1. The average molecular weight is 567 g/mol. The van der Waals surface area contributed by atoms with Gasteiger partial charge in [-0.3, -0.25) is 9.98 Å². The smallest absolute Gasteiger partial charge is 0.229 e. The number of aliphatic hydroxyl groups is 1. The third-order valence-corrected chi connectivity index (χ3v) is 7.34. The van der Waals surface area contributed by atoms with Gasteiger partial charge in [0.1, 0.15) is 5.82 Å². The molecule has 0 atom stereocenters. The minimum absolute atomic E-state index is 0.208. The van der Waals surface area contributed by atoms with Crippen molar-refractivity contribution in [2.45, 2.75) is 73.5 Å². The van der Waals surface area contributed by atoms with Gasteiger partial charge in [0, 0.05) is 57.2 Å². The third kappa shape index (κ3) is 8.05. The molecule has 3 rings (SSSR count). The van der Waals surface area contributed by atoms with Crippen molar-refractivity contribution in [3.05, 3.63) is 58.6 Å². The van der Waals surface area contributed by atoms with Gasteiger partial charge >= 0.3 is 0 Å². The summed E-state index contributed by atoms with van der Waals surface area (Å²) in [5, 5.41) is 22.2. The lowest BCUT2D eigenvalue weighted by molar-refractivity contribution is 0.0904. The van der Waals surface area contributed by atoms with E-state index in [1.54, 1.807) is 27.0 Å². The van der Waals surface area contributed by atoms with E-state index in [0.717, 1.165) is 22.3 Å². The summed E-state index contributed by atoms with van der Waals surface area (Å²) in [5.74, 6) is 1.10. The van der Waals surface area contributed by atoms with Crippen molar-refractivity contribution in [2.24, 2.45) is 16.1 Å². The first kappa shape index (κ1) is 31.1. The molecule has 0 bridgehead atoms. The van der Waals surface area contributed by atoms with Crippen LogP contribution >= 0.6 is 11.6 Å². The number of halogens is 1. The Balaban J connectivity index is 1.79. The van der Waals surface area contributed by atoms with Crippen LogP contribution in [0.3, 0.4) is 0 Å². The fourth-order valence-electron chi connectivity index (χ4n) is 3.97. The van der Waals surface area contributed by atoms with Crippen molar-refractivity contribution in [1.82, 2.24) is 15.0 Å². The Morgan fingerprint density at radius 2 is 1.75 bits per heavy atom. The maximum atomic E-state index is 10.1. The molecular weight excluding hydrogens is 524 g/mol. The van der Waals surface area contributed by atoms with Crippen molar-refractivity contribution >= 4 is 45.7 Å². The summed E-state index contributed by atoms with van der Waals surface area (Å²) in [7, 11) is 0. The molecule has 2 aromatic heterocycles. The van der Waals surface area contributed by atoms with Crippen LogP contribution in [0.15, 0.2) is 52.9 Å². The van der Waals surface area contributed by atoms with E-state index in [4.69, 9.17) is 22.3 Å². The van der Waals surface area contributed by atoms with Crippen LogP contribution in [0, 0.1) is 12.3 Å². The fourth-order valence-corrected chi connectivity index (χ4v) is 4.13. The maximum Gasteiger partial charge on any atom is 0.229 e. The Kier molecular flexibility index (Phi) is 9.31. The van der Waals surface area contributed by atoms with Crippen LogP contribution in [0.4, 0.5) is 17.5 Å². The lowest BCUT2D eigenvalue weighted by Gasteiger charge is -2.43. The van der Waals surface area contributed by atoms with Crippen LogP contribution in [-0.2, 0) is 0 Å². The van der Waals surface area contributed by atoms with Crippen molar-refractivity contribution in [3.63, 3.8) is 0 Å². The largest absolute Gasteiger partial charge is 0.401 e. The standard InChI is InChI=1S/C30H43ClN8O/c1-18-14-25(37-27(36-18)38-26(19(2)32)20(3)34-17-29(6,7)40)39-30(8,9)28(4,5)16-35-23-12-13-33-24-15-21(31)10-11-22(23)24/h10-15,40H,16-17,32H2,1-9H3,(H,33,35)(H2,36,37,38,39)/b26-19+,34-20?. The van der Waals surface area contributed by atoms with Crippen LogP contribution in [0.25, 0.3) is 10.9 Å². The number of nitrogens with two attached hydrogens (primary N) is 1. The highest BCUT2D eigenvalue weighted by Gasteiger charge is 2.37. The molecule has 0 radical (unpaired) electrons. The van der Waals surface area contributed by atoms with E-state index in [1.807, 2.05) is 44.2 Å². The van der Waals surface area contributed by atoms with E-state index in [0.29, 0.717) is 40.4 Å². The minimum Gasteiger partial charge on any atom is -0.401 e. The van der Waals surface area contributed by atoms with Crippen LogP contribution in [-0.4, -0.2) is 50.0 Å². The molecular formula is C30H43ClN8O. The molecule has 3 aromatic rings. The molecule has 0 aliphatic carbocycles. The fraction of sp³-hybridized carbons (Fsp3) is 0.467. The lowest BCUT2D eigenvalue weighted by atomic mass is 9.74. The zero-order valence-corrected chi connectivity index (χ0v) is 25.8. The van der Waals surface area contributed by atoms with Gasteiger partial charge in [0.25, 0.3) is 0 Å². The lowest BCUT2D eigenvalue weighted by Crippen LogP contribution is -2.49. The van der Waals surface area contributed by atoms with Crippen LogP contribution < -0.4 is 21.7 Å². The van der Waals surface area contributed by atoms with Crippen LogP contribution in [0.5, 0.6) is 0 Å². The molecule has 0 saturated carbocycles. The second kappa shape index (κ2) is 12.0. The number of aryl methyl sites for hydroxylation is 1. The number of pyridine rings is 1. The number of rotatable bonds is 11. The molecule has 0 spiro atoms. The second-order valence-corrected chi connectivity index (χ2v) is 12.6. The van der Waals surface area contributed by atoms with Gasteiger partial charge in [0.15, 0.2) is 0 Å². The van der Waals surface area contributed by atoms with Gasteiger partial charge in [-0.2, -0.15) is 4.98 Å². The van der Waals surface area contributed by atoms with Crippen molar-refractivity contribution in [2.75, 3.05) is 29.0 Å². The molecule has 10 heteroatoms. The summed E-state index contributed by atoms with van der Waals surface area (Å²) >= 11 is 6.16. The summed E-state index contributed by atoms with van der Waals surface area (Å²) in [5.41, 5.74) is 9.18. The number of nitrogens with one attached hydrogen (secondary N) is 3. The summed E-state index contributed by atoms with van der Waals surface area (Å²) in [6.07, 6.45) is 1.79. The molecule has 0 amide bonds. The molecule has 9 nitrogen and oxygen atoms in total. The molecule has 216 valence electrons. The van der Waals surface area contributed by atoms with Gasteiger partial charge in [-0.25, -0.2) is 4.98 Å². The van der Waals surface area contributed by atoms with Gasteiger partial charge in [-0.15, -0.1) is 0 Å². The van der Waals surface area contributed by atoms with Gasteiger partial charge in [-0.1, -0.05) is 25.4 Å². The quantitative estimate of drug-likeness (QED) is 0.174. The Morgan fingerprint density at radius 3 is 2.40 bits per heavy atom. The van der Waals surface area contributed by atoms with Crippen molar-refractivity contribution in [1.29, 1.82) is 0 Å². The number of allylic oxidation sites excluding steroid dienone is 2.